The third kappa shape index (κ3) is 9.46. The fourth-order valence-corrected chi connectivity index (χ4v) is 1.97. The fraction of sp³-hybridized carbons (Fsp3) is 0.722. The molecule has 0 spiro atoms. The van der Waals surface area contributed by atoms with Crippen LogP contribution in [0.3, 0.4) is 0 Å². The van der Waals surface area contributed by atoms with Gasteiger partial charge >= 0.3 is 0 Å². The van der Waals surface area contributed by atoms with Crippen molar-refractivity contribution in [1.82, 2.24) is 5.32 Å². The number of allylic oxidation sites excluding steroid dienone is 3. The maximum absolute atomic E-state index is 9.57. The van der Waals surface area contributed by atoms with E-state index < -0.39 is 0 Å². The number of aliphatic hydroxyl groups excluding tert-OH is 1. The zero-order valence-electron chi connectivity index (χ0n) is 14.9. The summed E-state index contributed by atoms with van der Waals surface area (Å²) in [6, 6.07) is 0.337. The number of hydrogen-bond donors (Lipinski definition) is 2. The van der Waals surface area contributed by atoms with Crippen LogP contribution in [0.5, 0.6) is 0 Å². The van der Waals surface area contributed by atoms with Crippen LogP contribution in [-0.2, 0) is 0 Å². The Hall–Kier alpha value is -1.09. The lowest BCUT2D eigenvalue weighted by Gasteiger charge is -2.34. The van der Waals surface area contributed by atoms with E-state index in [0.717, 1.165) is 24.2 Å². The Labute approximate surface area is 131 Å². The topological polar surface area (TPSA) is 44.6 Å². The summed E-state index contributed by atoms with van der Waals surface area (Å²) >= 11 is 0. The van der Waals surface area contributed by atoms with Gasteiger partial charge in [0.05, 0.1) is 6.61 Å². The first-order chi connectivity index (χ1) is 9.70. The van der Waals surface area contributed by atoms with E-state index in [4.69, 9.17) is 0 Å². The highest BCUT2D eigenvalue weighted by Gasteiger charge is 2.25. The van der Waals surface area contributed by atoms with Crippen LogP contribution in [-0.4, -0.2) is 24.0 Å². The molecule has 1 unspecified atom stereocenters. The summed E-state index contributed by atoms with van der Waals surface area (Å²) in [5, 5.41) is 13.1. The van der Waals surface area contributed by atoms with Gasteiger partial charge < -0.3 is 10.4 Å². The van der Waals surface area contributed by atoms with Crippen molar-refractivity contribution in [2.45, 2.75) is 67.3 Å². The summed E-state index contributed by atoms with van der Waals surface area (Å²) < 4.78 is 0. The first-order valence-corrected chi connectivity index (χ1v) is 7.98. The maximum Gasteiger partial charge on any atom is 0.0827 e. The van der Waals surface area contributed by atoms with Gasteiger partial charge in [-0.25, -0.2) is 0 Å². The Morgan fingerprint density at radius 1 is 1.24 bits per heavy atom. The predicted octanol–water partition coefficient (Wildman–Crippen LogP) is 4.30. The largest absolute Gasteiger partial charge is 0.390 e. The molecule has 0 amide bonds. The van der Waals surface area contributed by atoms with E-state index in [0.29, 0.717) is 12.0 Å². The van der Waals surface area contributed by atoms with Crippen LogP contribution in [0.4, 0.5) is 0 Å². The lowest BCUT2D eigenvalue weighted by Crippen LogP contribution is -2.41. The van der Waals surface area contributed by atoms with Gasteiger partial charge in [-0.1, -0.05) is 41.5 Å². The second kappa shape index (κ2) is 9.78. The minimum atomic E-state index is 0.0198. The molecule has 122 valence electrons. The molecule has 1 atom stereocenters. The van der Waals surface area contributed by atoms with Crippen molar-refractivity contribution in [3.8, 4) is 0 Å². The second-order valence-electron chi connectivity index (χ2n) is 7.07. The summed E-state index contributed by atoms with van der Waals surface area (Å²) in [7, 11) is 0. The van der Waals surface area contributed by atoms with E-state index in [9.17, 15) is 5.11 Å². The van der Waals surface area contributed by atoms with Crippen LogP contribution >= 0.6 is 0 Å². The first-order valence-electron chi connectivity index (χ1n) is 7.98. The average Bonchev–Trinajstić information content (AvgIpc) is 2.38. The van der Waals surface area contributed by atoms with Crippen molar-refractivity contribution in [1.29, 1.82) is 0 Å². The Kier molecular flexibility index (Phi) is 9.27. The highest BCUT2D eigenvalue weighted by atomic mass is 16.3. The van der Waals surface area contributed by atoms with Crippen LogP contribution < -0.4 is 5.32 Å². The SMILES string of the molecule is CCC=N/C(C)=C\C=C(/CO)NC(CC(C)C)C(C)(C)C. The molecular weight excluding hydrogens is 260 g/mol. The molecule has 3 heteroatoms. The molecule has 0 aromatic heterocycles. The minimum absolute atomic E-state index is 0.0198. The summed E-state index contributed by atoms with van der Waals surface area (Å²) in [5.74, 6) is 0.619. The van der Waals surface area contributed by atoms with E-state index in [-0.39, 0.29) is 12.0 Å². The van der Waals surface area contributed by atoms with Gasteiger partial charge in [0, 0.05) is 23.7 Å². The smallest absolute Gasteiger partial charge is 0.0827 e. The molecule has 0 fully saturated rings. The number of aliphatic imine (C=N–C) groups is 1. The molecule has 3 nitrogen and oxygen atoms in total. The molecule has 0 aromatic carbocycles. The van der Waals surface area contributed by atoms with Crippen molar-refractivity contribution in [2.75, 3.05) is 6.61 Å². The van der Waals surface area contributed by atoms with Gasteiger partial charge in [0.2, 0.25) is 0 Å². The zero-order valence-corrected chi connectivity index (χ0v) is 14.9. The minimum Gasteiger partial charge on any atom is -0.390 e. The maximum atomic E-state index is 9.57. The van der Waals surface area contributed by atoms with Crippen LogP contribution in [0.2, 0.25) is 0 Å². The highest BCUT2D eigenvalue weighted by molar-refractivity contribution is 5.58. The van der Waals surface area contributed by atoms with Gasteiger partial charge in [0.25, 0.3) is 0 Å². The standard InChI is InChI=1S/C18H34N2O/c1-8-11-19-15(4)9-10-16(13-21)20-17(12-14(2)3)18(5,6)7/h9-11,14,17,20-21H,8,12-13H2,1-7H3/b15-9-,16-10+,19-11?. The molecular formula is C18H34N2O. The second-order valence-corrected chi connectivity index (χ2v) is 7.07. The van der Waals surface area contributed by atoms with Gasteiger partial charge in [-0.05, 0) is 43.3 Å². The molecule has 0 heterocycles. The normalized spacial score (nSPS) is 15.9. The van der Waals surface area contributed by atoms with E-state index >= 15 is 0 Å². The molecule has 0 aliphatic heterocycles. The molecule has 0 rings (SSSR count). The van der Waals surface area contributed by atoms with Crippen molar-refractivity contribution < 1.29 is 5.11 Å². The monoisotopic (exact) mass is 294 g/mol. The molecule has 0 bridgehead atoms. The molecule has 0 aliphatic carbocycles. The molecule has 0 saturated carbocycles. The summed E-state index contributed by atoms with van der Waals surface area (Å²) in [5.41, 5.74) is 1.94. The summed E-state index contributed by atoms with van der Waals surface area (Å²) in [4.78, 5) is 4.31. The van der Waals surface area contributed by atoms with Gasteiger partial charge in [0.15, 0.2) is 0 Å². The Bertz CT molecular complexity index is 373. The Balaban J connectivity index is 4.96. The van der Waals surface area contributed by atoms with Gasteiger partial charge in [-0.2, -0.15) is 0 Å². The average molecular weight is 294 g/mol. The molecule has 0 aliphatic rings. The number of aliphatic hydroxyl groups is 1. The van der Waals surface area contributed by atoms with Crippen molar-refractivity contribution >= 4 is 6.21 Å². The van der Waals surface area contributed by atoms with Crippen LogP contribution in [0.1, 0.15) is 61.3 Å². The zero-order chi connectivity index (χ0) is 16.5. The third-order valence-corrected chi connectivity index (χ3v) is 3.29. The lowest BCUT2D eigenvalue weighted by molar-refractivity contribution is 0.233. The van der Waals surface area contributed by atoms with Crippen molar-refractivity contribution in [2.24, 2.45) is 16.3 Å². The summed E-state index contributed by atoms with van der Waals surface area (Å²) in [6.07, 6.45) is 7.78. The molecule has 0 saturated heterocycles. The van der Waals surface area contributed by atoms with E-state index in [1.165, 1.54) is 0 Å². The number of rotatable bonds is 8. The number of hydrogen-bond acceptors (Lipinski definition) is 3. The lowest BCUT2D eigenvalue weighted by atomic mass is 9.82. The molecule has 2 N–H and O–H groups in total. The van der Waals surface area contributed by atoms with Crippen LogP contribution in [0, 0.1) is 11.3 Å². The quantitative estimate of drug-likeness (QED) is 0.518. The third-order valence-electron chi connectivity index (χ3n) is 3.29. The van der Waals surface area contributed by atoms with Gasteiger partial charge in [0.1, 0.15) is 0 Å². The summed E-state index contributed by atoms with van der Waals surface area (Å²) in [6.45, 7) is 15.2. The van der Waals surface area contributed by atoms with Gasteiger partial charge in [-0.15, -0.1) is 0 Å². The Morgan fingerprint density at radius 3 is 2.29 bits per heavy atom. The van der Waals surface area contributed by atoms with Crippen LogP contribution in [0.25, 0.3) is 0 Å². The van der Waals surface area contributed by atoms with Crippen molar-refractivity contribution in [3.05, 3.63) is 23.5 Å². The first kappa shape index (κ1) is 19.9. The van der Waals surface area contributed by atoms with Gasteiger partial charge in [-0.3, -0.25) is 4.99 Å². The molecule has 21 heavy (non-hydrogen) atoms. The van der Waals surface area contributed by atoms with E-state index in [1.54, 1.807) is 0 Å². The molecule has 0 aromatic rings. The van der Waals surface area contributed by atoms with E-state index in [1.807, 2.05) is 25.3 Å². The Morgan fingerprint density at radius 2 is 1.86 bits per heavy atom. The number of nitrogens with one attached hydrogen (secondary N) is 1. The highest BCUT2D eigenvalue weighted by Crippen LogP contribution is 2.25. The predicted molar refractivity (Wildman–Crippen MR) is 93.5 cm³/mol. The van der Waals surface area contributed by atoms with Crippen molar-refractivity contribution in [3.63, 3.8) is 0 Å². The number of nitrogens with zero attached hydrogens (tertiary/aromatic N) is 1. The van der Waals surface area contributed by atoms with Crippen LogP contribution in [0.15, 0.2) is 28.5 Å². The van der Waals surface area contributed by atoms with E-state index in [2.05, 4.69) is 51.9 Å². The molecule has 0 radical (unpaired) electrons. The fourth-order valence-electron chi connectivity index (χ4n) is 1.97.